The van der Waals surface area contributed by atoms with E-state index in [-0.39, 0.29) is 5.91 Å². The Bertz CT molecular complexity index is 744. The second-order valence-corrected chi connectivity index (χ2v) is 5.83. The van der Waals surface area contributed by atoms with Crippen LogP contribution in [-0.4, -0.2) is 63.2 Å². The van der Waals surface area contributed by atoms with Gasteiger partial charge >= 0.3 is 0 Å². The molecule has 1 fully saturated rings. The number of rotatable bonds is 5. The van der Waals surface area contributed by atoms with Crippen molar-refractivity contribution in [2.45, 2.75) is 13.5 Å². The van der Waals surface area contributed by atoms with Gasteiger partial charge in [-0.05, 0) is 25.1 Å². The molecule has 3 rings (SSSR count). The number of aromatic nitrogens is 3. The first-order valence-electron chi connectivity index (χ1n) is 8.14. The normalized spacial score (nSPS) is 14.3. The Balaban J connectivity index is 1.68. The number of nitrogens with one attached hydrogen (secondary N) is 1. The minimum Gasteiger partial charge on any atom is -0.349 e. The van der Waals surface area contributed by atoms with Crippen LogP contribution in [0, 0.1) is 6.92 Å². The molecule has 0 unspecified atom stereocenters. The van der Waals surface area contributed by atoms with Gasteiger partial charge < -0.3 is 15.1 Å². The molecule has 3 heterocycles. The van der Waals surface area contributed by atoms with Crippen molar-refractivity contribution in [2.24, 2.45) is 0 Å². The van der Waals surface area contributed by atoms with Gasteiger partial charge in [-0.25, -0.2) is 9.97 Å². The maximum Gasteiger partial charge on any atom is 0.272 e. The molecule has 0 saturated carbocycles. The number of amides is 2. The van der Waals surface area contributed by atoms with Gasteiger partial charge in [0.2, 0.25) is 12.4 Å². The molecule has 25 heavy (non-hydrogen) atoms. The summed E-state index contributed by atoms with van der Waals surface area (Å²) in [7, 11) is 0. The van der Waals surface area contributed by atoms with Crippen LogP contribution in [0.5, 0.6) is 0 Å². The highest BCUT2D eigenvalue weighted by atomic mass is 16.2. The number of hydrogen-bond acceptors (Lipinski definition) is 6. The molecule has 0 atom stereocenters. The molecule has 0 radical (unpaired) electrons. The van der Waals surface area contributed by atoms with E-state index in [1.165, 1.54) is 0 Å². The molecule has 2 amide bonds. The van der Waals surface area contributed by atoms with Gasteiger partial charge in [-0.15, -0.1) is 0 Å². The van der Waals surface area contributed by atoms with Crippen LogP contribution >= 0.6 is 0 Å². The van der Waals surface area contributed by atoms with Crippen LogP contribution in [-0.2, 0) is 11.3 Å². The SMILES string of the molecule is Cc1cc(C(=O)N2CCN(C=O)CC2)nc(NCc2ccccn2)n1. The fourth-order valence-electron chi connectivity index (χ4n) is 2.62. The summed E-state index contributed by atoms with van der Waals surface area (Å²) in [6, 6.07) is 7.35. The molecular formula is C17H20N6O2. The summed E-state index contributed by atoms with van der Waals surface area (Å²) in [4.78, 5) is 39.7. The molecule has 1 saturated heterocycles. The van der Waals surface area contributed by atoms with Crippen LogP contribution in [0.15, 0.2) is 30.5 Å². The molecule has 8 nitrogen and oxygen atoms in total. The lowest BCUT2D eigenvalue weighted by Crippen LogP contribution is -2.48. The fourth-order valence-corrected chi connectivity index (χ4v) is 2.62. The Morgan fingerprint density at radius 3 is 2.72 bits per heavy atom. The molecule has 130 valence electrons. The lowest BCUT2D eigenvalue weighted by Gasteiger charge is -2.32. The number of pyridine rings is 1. The molecule has 0 spiro atoms. The van der Waals surface area contributed by atoms with Crippen molar-refractivity contribution >= 4 is 18.3 Å². The van der Waals surface area contributed by atoms with Gasteiger partial charge in [0.05, 0.1) is 12.2 Å². The van der Waals surface area contributed by atoms with Crippen LogP contribution in [0.25, 0.3) is 0 Å². The van der Waals surface area contributed by atoms with E-state index in [4.69, 9.17) is 0 Å². The molecule has 0 aromatic carbocycles. The Labute approximate surface area is 145 Å². The van der Waals surface area contributed by atoms with E-state index in [9.17, 15) is 9.59 Å². The van der Waals surface area contributed by atoms with Crippen molar-refractivity contribution in [1.29, 1.82) is 0 Å². The summed E-state index contributed by atoms with van der Waals surface area (Å²) >= 11 is 0. The number of nitrogens with zero attached hydrogens (tertiary/aromatic N) is 5. The molecule has 8 heteroatoms. The van der Waals surface area contributed by atoms with Crippen molar-refractivity contribution in [3.63, 3.8) is 0 Å². The average molecular weight is 340 g/mol. The molecule has 1 aliphatic heterocycles. The topological polar surface area (TPSA) is 91.3 Å². The van der Waals surface area contributed by atoms with E-state index < -0.39 is 0 Å². The van der Waals surface area contributed by atoms with E-state index in [0.29, 0.717) is 50.1 Å². The van der Waals surface area contributed by atoms with Crippen LogP contribution in [0.2, 0.25) is 0 Å². The number of hydrogen-bond donors (Lipinski definition) is 1. The first-order valence-corrected chi connectivity index (χ1v) is 8.14. The molecular weight excluding hydrogens is 320 g/mol. The van der Waals surface area contributed by atoms with Gasteiger partial charge in [0.15, 0.2) is 0 Å². The van der Waals surface area contributed by atoms with Crippen LogP contribution in [0.3, 0.4) is 0 Å². The van der Waals surface area contributed by atoms with Crippen molar-refractivity contribution in [1.82, 2.24) is 24.8 Å². The Morgan fingerprint density at radius 2 is 2.04 bits per heavy atom. The second-order valence-electron chi connectivity index (χ2n) is 5.83. The highest BCUT2D eigenvalue weighted by molar-refractivity contribution is 5.92. The van der Waals surface area contributed by atoms with Gasteiger partial charge in [0, 0.05) is 38.1 Å². The smallest absolute Gasteiger partial charge is 0.272 e. The van der Waals surface area contributed by atoms with E-state index in [2.05, 4.69) is 20.3 Å². The summed E-state index contributed by atoms with van der Waals surface area (Å²) in [6.07, 6.45) is 2.54. The monoisotopic (exact) mass is 340 g/mol. The number of carbonyl (C=O) groups excluding carboxylic acids is 2. The second kappa shape index (κ2) is 7.69. The third-order valence-electron chi connectivity index (χ3n) is 3.98. The molecule has 0 aliphatic carbocycles. The van der Waals surface area contributed by atoms with Gasteiger partial charge in [-0.2, -0.15) is 0 Å². The lowest BCUT2D eigenvalue weighted by molar-refractivity contribution is -0.119. The maximum atomic E-state index is 12.7. The first-order chi connectivity index (χ1) is 12.2. The number of piperazine rings is 1. The van der Waals surface area contributed by atoms with E-state index in [1.54, 1.807) is 22.1 Å². The van der Waals surface area contributed by atoms with Gasteiger partial charge in [-0.1, -0.05) is 6.07 Å². The molecule has 1 N–H and O–H groups in total. The molecule has 0 bridgehead atoms. The van der Waals surface area contributed by atoms with E-state index in [1.807, 2.05) is 25.1 Å². The lowest BCUT2D eigenvalue weighted by atomic mass is 10.2. The Hall–Kier alpha value is -3.03. The number of anilines is 1. The summed E-state index contributed by atoms with van der Waals surface area (Å²) in [5.74, 6) is 0.262. The standard InChI is InChI=1S/C17H20N6O2/c1-13-10-15(16(25)23-8-6-22(12-24)7-9-23)21-17(20-13)19-11-14-4-2-3-5-18-14/h2-5,10,12H,6-9,11H2,1H3,(H,19,20,21). The summed E-state index contributed by atoms with van der Waals surface area (Å²) in [6.45, 7) is 4.42. The maximum absolute atomic E-state index is 12.7. The van der Waals surface area contributed by atoms with Gasteiger partial charge in [-0.3, -0.25) is 14.6 Å². The van der Waals surface area contributed by atoms with E-state index >= 15 is 0 Å². The number of carbonyl (C=O) groups is 2. The zero-order chi connectivity index (χ0) is 17.6. The molecule has 2 aromatic rings. The fraction of sp³-hybridized carbons (Fsp3) is 0.353. The largest absolute Gasteiger partial charge is 0.349 e. The van der Waals surface area contributed by atoms with Gasteiger partial charge in [0.25, 0.3) is 5.91 Å². The first kappa shape index (κ1) is 16.8. The highest BCUT2D eigenvalue weighted by Crippen LogP contribution is 2.11. The summed E-state index contributed by atoms with van der Waals surface area (Å²) in [5, 5.41) is 3.11. The van der Waals surface area contributed by atoms with Crippen molar-refractivity contribution in [3.05, 3.63) is 47.5 Å². The average Bonchev–Trinajstić information content (AvgIpc) is 2.66. The zero-order valence-corrected chi connectivity index (χ0v) is 14.1. The van der Waals surface area contributed by atoms with E-state index in [0.717, 1.165) is 12.1 Å². The predicted octanol–water partition coefficient (Wildman–Crippen LogP) is 0.706. The predicted molar refractivity (Wildman–Crippen MR) is 91.9 cm³/mol. The third-order valence-corrected chi connectivity index (χ3v) is 3.98. The van der Waals surface area contributed by atoms with Crippen LogP contribution in [0.1, 0.15) is 21.9 Å². The Morgan fingerprint density at radius 1 is 1.24 bits per heavy atom. The molecule has 2 aromatic heterocycles. The minimum atomic E-state index is -0.142. The highest BCUT2D eigenvalue weighted by Gasteiger charge is 2.23. The van der Waals surface area contributed by atoms with Crippen molar-refractivity contribution in [2.75, 3.05) is 31.5 Å². The van der Waals surface area contributed by atoms with Crippen molar-refractivity contribution in [3.8, 4) is 0 Å². The third kappa shape index (κ3) is 4.28. The molecule has 1 aliphatic rings. The zero-order valence-electron chi connectivity index (χ0n) is 14.1. The van der Waals surface area contributed by atoms with Crippen LogP contribution in [0.4, 0.5) is 5.95 Å². The summed E-state index contributed by atoms with van der Waals surface area (Å²) < 4.78 is 0. The number of aryl methyl sites for hydroxylation is 1. The minimum absolute atomic E-state index is 0.142. The van der Waals surface area contributed by atoms with Gasteiger partial charge in [0.1, 0.15) is 5.69 Å². The quantitative estimate of drug-likeness (QED) is 0.806. The van der Waals surface area contributed by atoms with Crippen molar-refractivity contribution < 1.29 is 9.59 Å². The summed E-state index contributed by atoms with van der Waals surface area (Å²) in [5.41, 5.74) is 1.94. The Kier molecular flexibility index (Phi) is 5.17. The van der Waals surface area contributed by atoms with Crippen LogP contribution < -0.4 is 5.32 Å².